The second-order valence-electron chi connectivity index (χ2n) is 4.73. The summed E-state index contributed by atoms with van der Waals surface area (Å²) in [6, 6.07) is 5.47. The average molecular weight is 337 g/mol. The average Bonchev–Trinajstić information content (AvgIpc) is 2.66. The normalized spacial score (nSPS) is 10.7. The molecule has 2 aromatic rings. The molecule has 0 atom stereocenters. The minimum atomic E-state index is 0.0449. The highest BCUT2D eigenvalue weighted by molar-refractivity contribution is 9.10. The van der Waals surface area contributed by atoms with Gasteiger partial charge in [0.15, 0.2) is 5.78 Å². The number of carbonyl (C=O) groups excluding carboxylic acids is 1. The van der Waals surface area contributed by atoms with Crippen molar-refractivity contribution in [3.05, 3.63) is 45.2 Å². The maximum absolute atomic E-state index is 11.5. The number of hydrogen-bond donors (Lipinski definition) is 0. The van der Waals surface area contributed by atoms with Crippen molar-refractivity contribution in [2.75, 3.05) is 7.11 Å². The second-order valence-corrected chi connectivity index (χ2v) is 5.52. The van der Waals surface area contributed by atoms with Crippen molar-refractivity contribution < 1.29 is 9.53 Å². The van der Waals surface area contributed by atoms with Crippen LogP contribution in [0.2, 0.25) is 0 Å². The number of aryl methyl sites for hydroxylation is 1. The molecule has 1 aromatic carbocycles. The minimum Gasteiger partial charge on any atom is -0.496 e. The molecule has 0 saturated carbocycles. The number of hydrogen-bond acceptors (Lipinski definition) is 3. The third-order valence-corrected chi connectivity index (χ3v) is 4.45. The maximum Gasteiger partial charge on any atom is 0.159 e. The number of ether oxygens (including phenoxy) is 1. The van der Waals surface area contributed by atoms with E-state index >= 15 is 0 Å². The van der Waals surface area contributed by atoms with E-state index in [4.69, 9.17) is 4.74 Å². The summed E-state index contributed by atoms with van der Waals surface area (Å²) in [5.74, 6) is 0.808. The zero-order valence-electron chi connectivity index (χ0n) is 12.0. The Morgan fingerprint density at radius 1 is 1.40 bits per heavy atom. The lowest BCUT2D eigenvalue weighted by molar-refractivity contribution is 0.101. The Labute approximate surface area is 126 Å². The van der Waals surface area contributed by atoms with E-state index in [1.807, 2.05) is 30.7 Å². The van der Waals surface area contributed by atoms with Gasteiger partial charge >= 0.3 is 0 Å². The van der Waals surface area contributed by atoms with Crippen LogP contribution in [0.5, 0.6) is 5.75 Å². The number of rotatable bonds is 4. The van der Waals surface area contributed by atoms with Crippen molar-refractivity contribution in [1.82, 2.24) is 9.78 Å². The molecule has 20 heavy (non-hydrogen) atoms. The molecule has 0 amide bonds. The summed E-state index contributed by atoms with van der Waals surface area (Å²) in [7, 11) is 1.63. The lowest BCUT2D eigenvalue weighted by atomic mass is 10.1. The molecule has 5 heteroatoms. The van der Waals surface area contributed by atoms with Gasteiger partial charge in [-0.05, 0) is 54.9 Å². The Hall–Kier alpha value is -1.62. The monoisotopic (exact) mass is 336 g/mol. The number of halogens is 1. The quantitative estimate of drug-likeness (QED) is 0.802. The fourth-order valence-corrected chi connectivity index (χ4v) is 2.40. The first-order valence-corrected chi connectivity index (χ1v) is 7.10. The van der Waals surface area contributed by atoms with Gasteiger partial charge in [-0.3, -0.25) is 9.48 Å². The number of aromatic nitrogens is 2. The van der Waals surface area contributed by atoms with Gasteiger partial charge in [-0.1, -0.05) is 0 Å². The van der Waals surface area contributed by atoms with Crippen molar-refractivity contribution in [2.45, 2.75) is 27.3 Å². The lowest BCUT2D eigenvalue weighted by Gasteiger charge is -2.11. The summed E-state index contributed by atoms with van der Waals surface area (Å²) >= 11 is 3.52. The summed E-state index contributed by atoms with van der Waals surface area (Å²) in [4.78, 5) is 11.5. The van der Waals surface area contributed by atoms with Crippen LogP contribution in [0.3, 0.4) is 0 Å². The van der Waals surface area contributed by atoms with E-state index < -0.39 is 0 Å². The molecule has 0 aliphatic heterocycles. The third-order valence-electron chi connectivity index (χ3n) is 3.30. The van der Waals surface area contributed by atoms with E-state index in [1.54, 1.807) is 20.1 Å². The smallest absolute Gasteiger partial charge is 0.159 e. The number of nitrogens with zero attached hydrogens (tertiary/aromatic N) is 2. The van der Waals surface area contributed by atoms with E-state index in [2.05, 4.69) is 21.0 Å². The zero-order chi connectivity index (χ0) is 14.9. The van der Waals surface area contributed by atoms with E-state index in [-0.39, 0.29) is 5.78 Å². The van der Waals surface area contributed by atoms with Gasteiger partial charge in [0.25, 0.3) is 0 Å². The molecule has 0 radical (unpaired) electrons. The molecule has 0 aliphatic rings. The van der Waals surface area contributed by atoms with Gasteiger partial charge in [-0.15, -0.1) is 0 Å². The van der Waals surface area contributed by atoms with Crippen molar-refractivity contribution in [3.8, 4) is 5.75 Å². The topological polar surface area (TPSA) is 44.1 Å². The second kappa shape index (κ2) is 5.79. The van der Waals surface area contributed by atoms with Crippen LogP contribution in [0.1, 0.15) is 34.2 Å². The molecule has 2 rings (SSSR count). The van der Waals surface area contributed by atoms with Gasteiger partial charge in [-0.25, -0.2) is 0 Å². The summed E-state index contributed by atoms with van der Waals surface area (Å²) in [5, 5.41) is 4.48. The third kappa shape index (κ3) is 2.77. The van der Waals surface area contributed by atoms with Gasteiger partial charge in [-0.2, -0.15) is 5.10 Å². The van der Waals surface area contributed by atoms with E-state index in [1.165, 1.54) is 0 Å². The fourth-order valence-electron chi connectivity index (χ4n) is 2.11. The van der Waals surface area contributed by atoms with Crippen LogP contribution >= 0.6 is 15.9 Å². The van der Waals surface area contributed by atoms with Crippen LogP contribution in [-0.2, 0) is 6.54 Å². The van der Waals surface area contributed by atoms with Crippen molar-refractivity contribution in [3.63, 3.8) is 0 Å². The van der Waals surface area contributed by atoms with Gasteiger partial charge < -0.3 is 4.74 Å². The molecule has 106 valence electrons. The van der Waals surface area contributed by atoms with Crippen LogP contribution < -0.4 is 4.74 Å². The Morgan fingerprint density at radius 3 is 2.60 bits per heavy atom. The number of methoxy groups -OCH3 is 1. The first-order valence-electron chi connectivity index (χ1n) is 6.31. The molecule has 0 fully saturated rings. The Morgan fingerprint density at radius 2 is 2.10 bits per heavy atom. The van der Waals surface area contributed by atoms with E-state index in [9.17, 15) is 4.79 Å². The molecule has 0 aliphatic carbocycles. The number of ketones is 1. The largest absolute Gasteiger partial charge is 0.496 e. The van der Waals surface area contributed by atoms with Crippen molar-refractivity contribution in [1.29, 1.82) is 0 Å². The van der Waals surface area contributed by atoms with Crippen LogP contribution in [0, 0.1) is 13.8 Å². The Kier molecular flexibility index (Phi) is 4.28. The summed E-state index contributed by atoms with van der Waals surface area (Å²) in [6.07, 6.45) is 0. The molecule has 0 saturated heterocycles. The van der Waals surface area contributed by atoms with Gasteiger partial charge in [0.2, 0.25) is 0 Å². The zero-order valence-corrected chi connectivity index (χ0v) is 13.6. The molecule has 1 aromatic heterocycles. The Bertz CT molecular complexity index is 662. The molecule has 0 spiro atoms. The highest BCUT2D eigenvalue weighted by atomic mass is 79.9. The van der Waals surface area contributed by atoms with Crippen LogP contribution in [-0.4, -0.2) is 22.7 Å². The fraction of sp³-hybridized carbons (Fsp3) is 0.333. The Balaban J connectivity index is 2.43. The summed E-state index contributed by atoms with van der Waals surface area (Å²) in [6.45, 7) is 6.09. The van der Waals surface area contributed by atoms with Crippen LogP contribution in [0.15, 0.2) is 22.7 Å². The van der Waals surface area contributed by atoms with Gasteiger partial charge in [0.1, 0.15) is 5.75 Å². The molecule has 0 N–H and O–H groups in total. The predicted molar refractivity (Wildman–Crippen MR) is 81.5 cm³/mol. The number of Topliss-reactive ketones (excluding diaryl/α,β-unsaturated/α-hetero) is 1. The number of carbonyl (C=O) groups is 1. The van der Waals surface area contributed by atoms with Gasteiger partial charge in [0, 0.05) is 11.1 Å². The summed E-state index contributed by atoms with van der Waals surface area (Å²) in [5.41, 5.74) is 3.63. The maximum atomic E-state index is 11.5. The van der Waals surface area contributed by atoms with Gasteiger partial charge in [0.05, 0.1) is 29.5 Å². The minimum absolute atomic E-state index is 0.0449. The molecule has 4 nitrogen and oxygen atoms in total. The number of benzene rings is 1. The van der Waals surface area contributed by atoms with Crippen LogP contribution in [0.4, 0.5) is 0 Å². The first kappa shape index (κ1) is 14.8. The highest BCUT2D eigenvalue weighted by Crippen LogP contribution is 2.25. The first-order chi connectivity index (χ1) is 9.43. The highest BCUT2D eigenvalue weighted by Gasteiger charge is 2.12. The van der Waals surface area contributed by atoms with Crippen LogP contribution in [0.25, 0.3) is 0 Å². The molecule has 0 bridgehead atoms. The molecule has 1 heterocycles. The lowest BCUT2D eigenvalue weighted by Crippen LogP contribution is -2.07. The standard InChI is InChI=1S/C15H17BrN2O2/c1-9-15(16)10(2)18(17-9)8-13-7-12(11(3)19)5-6-14(13)20-4/h5-7H,8H2,1-4H3. The summed E-state index contributed by atoms with van der Waals surface area (Å²) < 4.78 is 8.28. The van der Waals surface area contributed by atoms with E-state index in [0.717, 1.165) is 27.2 Å². The molecule has 0 unspecified atom stereocenters. The molecular formula is C15H17BrN2O2. The molecular weight excluding hydrogens is 320 g/mol. The SMILES string of the molecule is COc1ccc(C(C)=O)cc1Cn1nc(C)c(Br)c1C. The van der Waals surface area contributed by atoms with Crippen molar-refractivity contribution in [2.24, 2.45) is 0 Å². The predicted octanol–water partition coefficient (Wildman–Crippen LogP) is 3.52. The van der Waals surface area contributed by atoms with E-state index in [0.29, 0.717) is 12.1 Å². The van der Waals surface area contributed by atoms with Crippen molar-refractivity contribution >= 4 is 21.7 Å².